The predicted molar refractivity (Wildman–Crippen MR) is 54.3 cm³/mol. The van der Waals surface area contributed by atoms with Crippen molar-refractivity contribution in [3.05, 3.63) is 20.1 Å². The van der Waals surface area contributed by atoms with Crippen LogP contribution in [0.3, 0.4) is 0 Å². The highest BCUT2D eigenvalue weighted by atomic mass is 32.2. The molecular formula is C8H7NO2S2. The van der Waals surface area contributed by atoms with E-state index in [4.69, 9.17) is 0 Å². The average Bonchev–Trinajstić information content (AvgIpc) is 2.42. The van der Waals surface area contributed by atoms with Gasteiger partial charge in [-0.2, -0.15) is 0 Å². The lowest BCUT2D eigenvalue weighted by atomic mass is 10.2. The van der Waals surface area contributed by atoms with Crippen LogP contribution in [0, 0.1) is 0 Å². The number of thiazole rings is 1. The topological polar surface area (TPSA) is 49.9 Å². The highest BCUT2D eigenvalue weighted by molar-refractivity contribution is 8.00. The molecule has 3 nitrogen and oxygen atoms in total. The molecule has 1 aromatic heterocycles. The summed E-state index contributed by atoms with van der Waals surface area (Å²) in [5.41, 5.74) is 0.743. The Morgan fingerprint density at radius 3 is 3.08 bits per heavy atom. The summed E-state index contributed by atoms with van der Waals surface area (Å²) in [7, 11) is 0. The summed E-state index contributed by atoms with van der Waals surface area (Å²) < 4.78 is 0. The van der Waals surface area contributed by atoms with E-state index in [1.165, 1.54) is 11.8 Å². The molecule has 68 valence electrons. The molecule has 0 amide bonds. The number of thioether (sulfide) groups is 1. The fourth-order valence-corrected chi connectivity index (χ4v) is 3.12. The number of aromatic nitrogens is 1. The van der Waals surface area contributed by atoms with Crippen LogP contribution < -0.4 is 4.87 Å². The summed E-state index contributed by atoms with van der Waals surface area (Å²) in [6, 6.07) is 0. The van der Waals surface area contributed by atoms with Crippen LogP contribution in [0.15, 0.2) is 15.4 Å². The molecule has 2 rings (SSSR count). The molecule has 1 aromatic rings. The van der Waals surface area contributed by atoms with Crippen molar-refractivity contribution < 1.29 is 4.79 Å². The van der Waals surface area contributed by atoms with Gasteiger partial charge in [-0.25, -0.2) is 0 Å². The zero-order valence-corrected chi connectivity index (χ0v) is 8.50. The van der Waals surface area contributed by atoms with Gasteiger partial charge in [0.1, 0.15) is 6.29 Å². The molecule has 0 radical (unpaired) electrons. The van der Waals surface area contributed by atoms with Gasteiger partial charge in [0.05, 0.1) is 9.90 Å². The van der Waals surface area contributed by atoms with E-state index in [1.807, 2.05) is 6.92 Å². The quantitative estimate of drug-likeness (QED) is 0.719. The maximum absolute atomic E-state index is 11.0. The normalized spacial score (nSPS) is 20.7. The lowest BCUT2D eigenvalue weighted by Crippen LogP contribution is -2.06. The Labute approximate surface area is 82.9 Å². The summed E-state index contributed by atoms with van der Waals surface area (Å²) in [5, 5.41) is 1.02. The standard InChI is InChI=1S/C8H7NO2S2/c1-4-5(3-10)2-6-7(12-4)9-8(11)13-6/h2-4H,1H3,(H,9,11). The lowest BCUT2D eigenvalue weighted by molar-refractivity contribution is -0.104. The molecule has 0 aliphatic carbocycles. The molecule has 2 heterocycles. The van der Waals surface area contributed by atoms with Crippen molar-refractivity contribution in [2.45, 2.75) is 17.2 Å². The molecule has 1 unspecified atom stereocenters. The Hall–Kier alpha value is -0.810. The van der Waals surface area contributed by atoms with E-state index in [0.717, 1.165) is 33.1 Å². The minimum Gasteiger partial charge on any atom is -0.307 e. The van der Waals surface area contributed by atoms with Crippen molar-refractivity contribution in [2.24, 2.45) is 0 Å². The first-order valence-electron chi connectivity index (χ1n) is 3.77. The van der Waals surface area contributed by atoms with Gasteiger partial charge in [-0.1, -0.05) is 23.1 Å². The number of H-pyrrole nitrogens is 1. The van der Waals surface area contributed by atoms with E-state index in [0.29, 0.717) is 0 Å². The van der Waals surface area contributed by atoms with Crippen LogP contribution in [0.25, 0.3) is 6.08 Å². The van der Waals surface area contributed by atoms with Crippen LogP contribution in [0.2, 0.25) is 0 Å². The summed E-state index contributed by atoms with van der Waals surface area (Å²) in [4.78, 5) is 25.2. The van der Waals surface area contributed by atoms with Gasteiger partial charge in [0.2, 0.25) is 0 Å². The van der Waals surface area contributed by atoms with E-state index in [1.54, 1.807) is 6.08 Å². The fraction of sp³-hybridized carbons (Fsp3) is 0.250. The van der Waals surface area contributed by atoms with Gasteiger partial charge in [-0.05, 0) is 13.0 Å². The van der Waals surface area contributed by atoms with E-state index in [2.05, 4.69) is 4.98 Å². The zero-order chi connectivity index (χ0) is 9.42. The van der Waals surface area contributed by atoms with Crippen molar-refractivity contribution >= 4 is 35.5 Å². The first kappa shape index (κ1) is 8.77. The number of aromatic amines is 1. The van der Waals surface area contributed by atoms with Crippen molar-refractivity contribution in [2.75, 3.05) is 0 Å². The van der Waals surface area contributed by atoms with Crippen molar-refractivity contribution in [1.82, 2.24) is 4.98 Å². The summed E-state index contributed by atoms with van der Waals surface area (Å²) >= 11 is 2.66. The summed E-state index contributed by atoms with van der Waals surface area (Å²) in [6.07, 6.45) is 2.64. The SMILES string of the molecule is CC1Sc2[nH]c(=O)sc2C=C1C=O. The number of fused-ring (bicyclic) bond motifs is 1. The zero-order valence-electron chi connectivity index (χ0n) is 6.87. The Morgan fingerprint density at radius 1 is 1.62 bits per heavy atom. The molecule has 0 bridgehead atoms. The second-order valence-corrected chi connectivity index (χ2v) is 5.10. The molecular weight excluding hydrogens is 206 g/mol. The van der Waals surface area contributed by atoms with Crippen molar-refractivity contribution in [1.29, 1.82) is 0 Å². The highest BCUT2D eigenvalue weighted by Crippen LogP contribution is 2.35. The third-order valence-corrected chi connectivity index (χ3v) is 3.98. The van der Waals surface area contributed by atoms with Crippen molar-refractivity contribution in [3.63, 3.8) is 0 Å². The van der Waals surface area contributed by atoms with Gasteiger partial charge < -0.3 is 4.98 Å². The molecule has 13 heavy (non-hydrogen) atoms. The van der Waals surface area contributed by atoms with Crippen LogP contribution in [0.5, 0.6) is 0 Å². The molecule has 1 aliphatic rings. The lowest BCUT2D eigenvalue weighted by Gasteiger charge is -2.14. The third kappa shape index (κ3) is 1.49. The number of hydrogen-bond donors (Lipinski definition) is 1. The van der Waals surface area contributed by atoms with Gasteiger partial charge in [0.25, 0.3) is 0 Å². The van der Waals surface area contributed by atoms with Gasteiger partial charge in [0.15, 0.2) is 0 Å². The van der Waals surface area contributed by atoms with Gasteiger partial charge >= 0.3 is 4.87 Å². The number of rotatable bonds is 1. The first-order valence-corrected chi connectivity index (χ1v) is 5.47. The Balaban J connectivity index is 2.54. The van der Waals surface area contributed by atoms with Gasteiger partial charge in [-0.15, -0.1) is 0 Å². The number of carbonyl (C=O) groups is 1. The minimum absolute atomic E-state index is 0.0619. The van der Waals surface area contributed by atoms with Crippen molar-refractivity contribution in [3.8, 4) is 0 Å². The number of nitrogens with one attached hydrogen (secondary N) is 1. The second kappa shape index (κ2) is 3.16. The van der Waals surface area contributed by atoms with E-state index in [-0.39, 0.29) is 10.1 Å². The largest absolute Gasteiger partial charge is 0.307 e. The first-order chi connectivity index (χ1) is 6.20. The molecule has 0 saturated carbocycles. The molecule has 0 aromatic carbocycles. The predicted octanol–water partition coefficient (Wildman–Crippen LogP) is 1.51. The molecule has 5 heteroatoms. The van der Waals surface area contributed by atoms with Crippen LogP contribution in [0.4, 0.5) is 0 Å². The van der Waals surface area contributed by atoms with E-state index < -0.39 is 0 Å². The molecule has 0 spiro atoms. The minimum atomic E-state index is -0.0619. The number of aldehydes is 1. The van der Waals surface area contributed by atoms with Gasteiger partial charge in [0, 0.05) is 10.8 Å². The second-order valence-electron chi connectivity index (χ2n) is 2.73. The average molecular weight is 213 g/mol. The van der Waals surface area contributed by atoms with Crippen LogP contribution in [-0.2, 0) is 4.79 Å². The smallest absolute Gasteiger partial charge is 0.305 e. The maximum atomic E-state index is 11.0. The number of carbonyl (C=O) groups excluding carboxylic acids is 1. The van der Waals surface area contributed by atoms with Gasteiger partial charge in [-0.3, -0.25) is 9.59 Å². The maximum Gasteiger partial charge on any atom is 0.305 e. The molecule has 1 N–H and O–H groups in total. The Bertz CT molecular complexity index is 430. The van der Waals surface area contributed by atoms with Crippen LogP contribution in [-0.4, -0.2) is 16.5 Å². The Kier molecular flexibility index (Phi) is 2.13. The van der Waals surface area contributed by atoms with Crippen LogP contribution in [0.1, 0.15) is 11.8 Å². The Morgan fingerprint density at radius 2 is 2.38 bits per heavy atom. The van der Waals surface area contributed by atoms with E-state index >= 15 is 0 Å². The summed E-state index contributed by atoms with van der Waals surface area (Å²) in [5.74, 6) is 0. The van der Waals surface area contributed by atoms with E-state index in [9.17, 15) is 9.59 Å². The molecule has 1 aliphatic heterocycles. The molecule has 1 atom stereocenters. The molecule has 0 fully saturated rings. The van der Waals surface area contributed by atoms with Crippen LogP contribution >= 0.6 is 23.1 Å². The fourth-order valence-electron chi connectivity index (χ4n) is 1.15. The number of hydrogen-bond acceptors (Lipinski definition) is 4. The highest BCUT2D eigenvalue weighted by Gasteiger charge is 2.20. The summed E-state index contributed by atoms with van der Waals surface area (Å²) in [6.45, 7) is 1.95. The molecule has 0 saturated heterocycles. The third-order valence-electron chi connectivity index (χ3n) is 1.84. The monoisotopic (exact) mass is 213 g/mol.